The van der Waals surface area contributed by atoms with E-state index in [0.29, 0.717) is 0 Å². The van der Waals surface area contributed by atoms with Gasteiger partial charge in [0, 0.05) is 4.47 Å². The van der Waals surface area contributed by atoms with Crippen LogP contribution in [0.15, 0.2) is 28.7 Å². The molecule has 1 aliphatic rings. The Labute approximate surface area is 112 Å². The van der Waals surface area contributed by atoms with E-state index in [1.165, 1.54) is 18.4 Å². The zero-order valence-corrected chi connectivity index (χ0v) is 11.8. The maximum atomic E-state index is 9.51. The number of benzene rings is 1. The molecule has 0 amide bonds. The summed E-state index contributed by atoms with van der Waals surface area (Å²) in [4.78, 5) is 0. The van der Waals surface area contributed by atoms with E-state index in [2.05, 4.69) is 47.1 Å². The highest BCUT2D eigenvalue weighted by Gasteiger charge is 2.34. The molecule has 17 heavy (non-hydrogen) atoms. The van der Waals surface area contributed by atoms with E-state index in [-0.39, 0.29) is 5.41 Å². The van der Waals surface area contributed by atoms with Gasteiger partial charge in [0.05, 0.1) is 11.5 Å². The molecule has 1 aliphatic carbocycles. The minimum absolute atomic E-state index is 0.129. The van der Waals surface area contributed by atoms with Gasteiger partial charge in [-0.3, -0.25) is 0 Å². The molecule has 0 aromatic heterocycles. The first-order valence-corrected chi connectivity index (χ1v) is 7.09. The highest BCUT2D eigenvalue weighted by atomic mass is 79.9. The number of nitrogens with zero attached hydrogens (tertiary/aromatic N) is 1. The van der Waals surface area contributed by atoms with Crippen LogP contribution in [0.1, 0.15) is 38.2 Å². The monoisotopic (exact) mass is 291 g/mol. The van der Waals surface area contributed by atoms with E-state index in [0.717, 1.165) is 29.7 Å². The van der Waals surface area contributed by atoms with Crippen LogP contribution in [0.25, 0.3) is 0 Å². The lowest BCUT2D eigenvalue weighted by Gasteiger charge is -2.34. The van der Waals surface area contributed by atoms with Crippen LogP contribution in [0.5, 0.6) is 0 Å². The minimum atomic E-state index is -0.129. The fourth-order valence-electron chi connectivity index (χ4n) is 2.65. The first-order valence-electron chi connectivity index (χ1n) is 6.30. The van der Waals surface area contributed by atoms with Crippen molar-refractivity contribution in [3.63, 3.8) is 0 Å². The van der Waals surface area contributed by atoms with Gasteiger partial charge < -0.3 is 0 Å². The van der Waals surface area contributed by atoms with Crippen LogP contribution in [0, 0.1) is 22.7 Å². The number of hydrogen-bond donors (Lipinski definition) is 0. The van der Waals surface area contributed by atoms with Crippen LogP contribution in [-0.4, -0.2) is 0 Å². The van der Waals surface area contributed by atoms with Gasteiger partial charge in [-0.25, -0.2) is 0 Å². The maximum Gasteiger partial charge on any atom is 0.0693 e. The summed E-state index contributed by atoms with van der Waals surface area (Å²) in [5.41, 5.74) is 1.14. The largest absolute Gasteiger partial charge is 0.198 e. The zero-order chi connectivity index (χ0) is 12.3. The molecule has 0 aliphatic heterocycles. The summed E-state index contributed by atoms with van der Waals surface area (Å²) in [5.74, 6) is 0.788. The van der Waals surface area contributed by atoms with Gasteiger partial charge in [0.1, 0.15) is 0 Å². The number of hydrogen-bond acceptors (Lipinski definition) is 1. The summed E-state index contributed by atoms with van der Waals surface area (Å²) >= 11 is 3.58. The van der Waals surface area contributed by atoms with E-state index >= 15 is 0 Å². The molecule has 0 unspecified atom stereocenters. The van der Waals surface area contributed by atoms with Gasteiger partial charge in [0.15, 0.2) is 0 Å². The van der Waals surface area contributed by atoms with Gasteiger partial charge in [0.25, 0.3) is 0 Å². The average Bonchev–Trinajstić information content (AvgIpc) is 2.35. The molecule has 0 heterocycles. The summed E-state index contributed by atoms with van der Waals surface area (Å²) in [5, 5.41) is 9.51. The summed E-state index contributed by atoms with van der Waals surface area (Å²) < 4.78 is 1.13. The van der Waals surface area contributed by atoms with Crippen LogP contribution in [0.2, 0.25) is 0 Å². The van der Waals surface area contributed by atoms with Crippen LogP contribution in [-0.2, 0) is 6.42 Å². The Morgan fingerprint density at radius 3 is 2.59 bits per heavy atom. The smallest absolute Gasteiger partial charge is 0.0693 e. The summed E-state index contributed by atoms with van der Waals surface area (Å²) in [7, 11) is 0. The predicted molar refractivity (Wildman–Crippen MR) is 73.5 cm³/mol. The molecule has 1 fully saturated rings. The van der Waals surface area contributed by atoms with Crippen molar-refractivity contribution in [3.8, 4) is 6.07 Å². The van der Waals surface area contributed by atoms with Crippen molar-refractivity contribution in [2.24, 2.45) is 11.3 Å². The third-order valence-electron chi connectivity index (χ3n) is 3.96. The summed E-state index contributed by atoms with van der Waals surface area (Å²) in [6.45, 7) is 2.29. The molecule has 0 bridgehead atoms. The Bertz CT molecular complexity index is 425. The third kappa shape index (κ3) is 2.90. The average molecular weight is 292 g/mol. The molecular formula is C15H18BrN. The fourth-order valence-corrected chi connectivity index (χ4v) is 3.07. The lowest BCUT2D eigenvalue weighted by atomic mass is 9.69. The fraction of sp³-hybridized carbons (Fsp3) is 0.533. The first-order chi connectivity index (χ1) is 8.15. The second kappa shape index (κ2) is 5.23. The lowest BCUT2D eigenvalue weighted by Crippen LogP contribution is -2.27. The number of nitriles is 1. The van der Waals surface area contributed by atoms with Crippen LogP contribution in [0.4, 0.5) is 0 Å². The molecule has 2 rings (SSSR count). The maximum absolute atomic E-state index is 9.51. The van der Waals surface area contributed by atoms with E-state index in [9.17, 15) is 5.26 Å². The van der Waals surface area contributed by atoms with E-state index < -0.39 is 0 Å². The Morgan fingerprint density at radius 1 is 1.35 bits per heavy atom. The highest BCUT2D eigenvalue weighted by Crippen LogP contribution is 2.41. The molecule has 1 aromatic carbocycles. The van der Waals surface area contributed by atoms with Crippen LogP contribution >= 0.6 is 15.9 Å². The minimum Gasteiger partial charge on any atom is -0.198 e. The molecule has 0 spiro atoms. The van der Waals surface area contributed by atoms with Crippen molar-refractivity contribution in [2.45, 2.75) is 39.0 Å². The third-order valence-corrected chi connectivity index (χ3v) is 4.73. The van der Waals surface area contributed by atoms with Crippen LogP contribution in [0.3, 0.4) is 0 Å². The highest BCUT2D eigenvalue weighted by molar-refractivity contribution is 9.10. The Balaban J connectivity index is 2.16. The van der Waals surface area contributed by atoms with E-state index in [1.54, 1.807) is 0 Å². The van der Waals surface area contributed by atoms with Gasteiger partial charge >= 0.3 is 0 Å². The van der Waals surface area contributed by atoms with Crippen molar-refractivity contribution >= 4 is 15.9 Å². The molecule has 2 heteroatoms. The topological polar surface area (TPSA) is 23.8 Å². The first kappa shape index (κ1) is 12.6. The molecule has 1 saturated carbocycles. The van der Waals surface area contributed by atoms with E-state index in [1.807, 2.05) is 6.07 Å². The van der Waals surface area contributed by atoms with Crippen molar-refractivity contribution in [1.82, 2.24) is 0 Å². The normalized spacial score (nSPS) is 28.6. The Morgan fingerprint density at radius 2 is 2.00 bits per heavy atom. The van der Waals surface area contributed by atoms with Crippen molar-refractivity contribution < 1.29 is 0 Å². The van der Waals surface area contributed by atoms with Crippen LogP contribution < -0.4 is 0 Å². The Kier molecular flexibility index (Phi) is 3.89. The molecule has 1 aromatic rings. The molecule has 0 radical (unpaired) electrons. The van der Waals surface area contributed by atoms with E-state index in [4.69, 9.17) is 0 Å². The quantitative estimate of drug-likeness (QED) is 0.774. The predicted octanol–water partition coefficient (Wildman–Crippen LogP) is 4.71. The van der Waals surface area contributed by atoms with Gasteiger partial charge in [-0.1, -0.05) is 41.1 Å². The molecule has 0 saturated heterocycles. The van der Waals surface area contributed by atoms with Gasteiger partial charge in [-0.2, -0.15) is 5.26 Å². The Hall–Kier alpha value is -0.810. The molecule has 90 valence electrons. The standard InChI is InChI=1S/C15H18BrN/c1-12-6-8-15(11-17,9-7-12)10-13-4-2-3-5-14(13)16/h2-5,12H,6-10H2,1H3. The molecular weight excluding hydrogens is 274 g/mol. The van der Waals surface area contributed by atoms with Crippen molar-refractivity contribution in [1.29, 1.82) is 5.26 Å². The van der Waals surface area contributed by atoms with Gasteiger partial charge in [-0.05, 0) is 49.7 Å². The second-order valence-electron chi connectivity index (χ2n) is 5.34. The number of halogens is 1. The summed E-state index contributed by atoms with van der Waals surface area (Å²) in [6, 6.07) is 10.9. The van der Waals surface area contributed by atoms with Crippen molar-refractivity contribution in [3.05, 3.63) is 34.3 Å². The SMILES string of the molecule is CC1CCC(C#N)(Cc2ccccc2Br)CC1. The number of rotatable bonds is 2. The molecule has 1 nitrogen and oxygen atoms in total. The van der Waals surface area contributed by atoms with Gasteiger partial charge in [-0.15, -0.1) is 0 Å². The lowest BCUT2D eigenvalue weighted by molar-refractivity contribution is 0.218. The molecule has 0 atom stereocenters. The summed E-state index contributed by atoms with van der Waals surface area (Å²) in [6.07, 6.45) is 5.37. The van der Waals surface area contributed by atoms with Crippen molar-refractivity contribution in [2.75, 3.05) is 0 Å². The zero-order valence-electron chi connectivity index (χ0n) is 10.2. The second-order valence-corrected chi connectivity index (χ2v) is 6.20. The molecule has 0 N–H and O–H groups in total. The van der Waals surface area contributed by atoms with Gasteiger partial charge in [0.2, 0.25) is 0 Å².